The van der Waals surface area contributed by atoms with Crippen molar-refractivity contribution in [2.45, 2.75) is 62.3 Å². The molecule has 4 fully saturated rings. The quantitative estimate of drug-likeness (QED) is 0.447. The van der Waals surface area contributed by atoms with Gasteiger partial charge in [-0.2, -0.15) is 26.3 Å². The number of rotatable bonds is 6. The minimum Gasteiger partial charge on any atom is -0.550 e. The Bertz CT molecular complexity index is 704. The van der Waals surface area contributed by atoms with Crippen molar-refractivity contribution in [1.29, 1.82) is 0 Å². The predicted molar refractivity (Wildman–Crippen MR) is 79.1 cm³/mol. The summed E-state index contributed by atoms with van der Waals surface area (Å²) >= 11 is 0. The molecule has 0 aromatic heterocycles. The lowest BCUT2D eigenvalue weighted by atomic mass is 9.66. The molecule has 5 atom stereocenters. The van der Waals surface area contributed by atoms with Crippen LogP contribution in [0.1, 0.15) is 32.1 Å². The number of carboxylic acids is 1. The van der Waals surface area contributed by atoms with E-state index in [0.29, 0.717) is 25.7 Å². The molecule has 0 amide bonds. The minimum atomic E-state index is -6.27. The Morgan fingerprint density at radius 3 is 2.23 bits per heavy atom. The molecular weight excluding hydrogens is 430 g/mol. The van der Waals surface area contributed by atoms with Gasteiger partial charge in [-0.3, -0.25) is 4.79 Å². The molecule has 0 aromatic carbocycles. The Labute approximate surface area is 165 Å². The van der Waals surface area contributed by atoms with E-state index in [0.717, 1.165) is 0 Å². The van der Waals surface area contributed by atoms with Gasteiger partial charge in [0.2, 0.25) is 0 Å². The van der Waals surface area contributed by atoms with Crippen molar-refractivity contribution in [1.82, 2.24) is 0 Å². The summed E-state index contributed by atoms with van der Waals surface area (Å²) in [7, 11) is 0. The SMILES string of the molecule is O=C([O-])CC(OC(=O)COC1C2CC3CC(C2)OC(=O)C1C3)(C(F)(F)F)C(F)(F)F. The number of carbonyl (C=O) groups is 3. The van der Waals surface area contributed by atoms with Gasteiger partial charge in [-0.15, -0.1) is 0 Å². The van der Waals surface area contributed by atoms with Crippen LogP contribution in [0.15, 0.2) is 0 Å². The van der Waals surface area contributed by atoms with E-state index >= 15 is 0 Å². The second kappa shape index (κ2) is 7.57. The molecule has 7 nitrogen and oxygen atoms in total. The van der Waals surface area contributed by atoms with Crippen molar-refractivity contribution >= 4 is 17.9 Å². The Balaban J connectivity index is 1.73. The van der Waals surface area contributed by atoms with Gasteiger partial charge in [0.15, 0.2) is 0 Å². The summed E-state index contributed by atoms with van der Waals surface area (Å²) in [6.07, 6.45) is -14.4. The van der Waals surface area contributed by atoms with Crippen LogP contribution in [-0.4, -0.2) is 54.7 Å². The molecule has 0 aromatic rings. The van der Waals surface area contributed by atoms with Gasteiger partial charge >= 0.3 is 29.9 Å². The average Bonchev–Trinajstić information content (AvgIpc) is 2.72. The molecule has 2 saturated heterocycles. The number of carbonyl (C=O) groups excluding carboxylic acids is 3. The first-order valence-electron chi connectivity index (χ1n) is 9.10. The first-order valence-corrected chi connectivity index (χ1v) is 9.10. The maximum atomic E-state index is 13.1. The topological polar surface area (TPSA) is 102 Å². The molecule has 170 valence electrons. The fourth-order valence-electron chi connectivity index (χ4n) is 4.64. The smallest absolute Gasteiger partial charge is 0.437 e. The molecule has 2 aliphatic carbocycles. The van der Waals surface area contributed by atoms with Crippen LogP contribution in [0.2, 0.25) is 0 Å². The van der Waals surface area contributed by atoms with E-state index in [2.05, 4.69) is 4.74 Å². The van der Waals surface area contributed by atoms with Gasteiger partial charge in [0.1, 0.15) is 12.7 Å². The largest absolute Gasteiger partial charge is 0.550 e. The third-order valence-electron chi connectivity index (χ3n) is 5.82. The Morgan fingerprint density at radius 2 is 1.67 bits per heavy atom. The lowest BCUT2D eigenvalue weighted by Crippen LogP contribution is -2.62. The molecule has 0 radical (unpaired) electrons. The molecule has 5 unspecified atom stereocenters. The molecular formula is C17H17F6O7-. The summed E-state index contributed by atoms with van der Waals surface area (Å²) in [6, 6.07) is 0. The number of carboxylic acid groups (broad SMARTS) is 1. The third kappa shape index (κ3) is 4.08. The van der Waals surface area contributed by atoms with Crippen LogP contribution in [0.25, 0.3) is 0 Å². The number of hydrogen-bond acceptors (Lipinski definition) is 7. The minimum absolute atomic E-state index is 0.183. The number of esters is 2. The van der Waals surface area contributed by atoms with Crippen LogP contribution >= 0.6 is 0 Å². The van der Waals surface area contributed by atoms with Gasteiger partial charge in [0, 0.05) is 12.4 Å². The second-order valence-electron chi connectivity index (χ2n) is 7.86. The molecule has 4 aliphatic rings. The van der Waals surface area contributed by atoms with Crippen LogP contribution in [0.5, 0.6) is 0 Å². The van der Waals surface area contributed by atoms with E-state index in [-0.39, 0.29) is 17.9 Å². The molecule has 30 heavy (non-hydrogen) atoms. The van der Waals surface area contributed by atoms with Gasteiger partial charge in [0.05, 0.1) is 12.0 Å². The predicted octanol–water partition coefficient (Wildman–Crippen LogP) is 1.28. The molecule has 2 saturated carbocycles. The van der Waals surface area contributed by atoms with E-state index in [1.54, 1.807) is 0 Å². The van der Waals surface area contributed by atoms with Crippen molar-refractivity contribution in [3.63, 3.8) is 0 Å². The van der Waals surface area contributed by atoms with Crippen molar-refractivity contribution in [3.05, 3.63) is 0 Å². The van der Waals surface area contributed by atoms with E-state index in [4.69, 9.17) is 9.47 Å². The van der Waals surface area contributed by atoms with Crippen LogP contribution < -0.4 is 5.11 Å². The first kappa shape index (κ1) is 22.6. The zero-order chi connectivity index (χ0) is 22.5. The Morgan fingerprint density at radius 1 is 1.03 bits per heavy atom. The molecule has 4 rings (SSSR count). The van der Waals surface area contributed by atoms with Crippen molar-refractivity contribution in [2.24, 2.45) is 17.8 Å². The highest BCUT2D eigenvalue weighted by Gasteiger charge is 2.74. The number of fused-ring (bicyclic) bond motifs is 1. The van der Waals surface area contributed by atoms with Gasteiger partial charge in [-0.25, -0.2) is 4.79 Å². The van der Waals surface area contributed by atoms with Crippen molar-refractivity contribution in [3.8, 4) is 0 Å². The van der Waals surface area contributed by atoms with Crippen LogP contribution in [0.4, 0.5) is 26.3 Å². The summed E-state index contributed by atoms with van der Waals surface area (Å²) < 4.78 is 93.0. The number of ether oxygens (including phenoxy) is 3. The number of alkyl halides is 6. The Hall–Kier alpha value is -2.05. The number of hydrogen-bond donors (Lipinski definition) is 0. The monoisotopic (exact) mass is 447 g/mol. The summed E-state index contributed by atoms with van der Waals surface area (Å²) in [5, 5.41) is 10.6. The van der Waals surface area contributed by atoms with Gasteiger partial charge in [0.25, 0.3) is 0 Å². The molecule has 0 N–H and O–H groups in total. The highest BCUT2D eigenvalue weighted by atomic mass is 19.4. The van der Waals surface area contributed by atoms with E-state index in [9.17, 15) is 45.8 Å². The Kier molecular flexibility index (Phi) is 5.71. The summed E-state index contributed by atoms with van der Waals surface area (Å²) in [4.78, 5) is 34.6. The normalized spacial score (nSPS) is 31.3. The maximum absolute atomic E-state index is 13.1. The van der Waals surface area contributed by atoms with Crippen LogP contribution in [0.3, 0.4) is 0 Å². The van der Waals surface area contributed by atoms with Crippen LogP contribution in [0, 0.1) is 17.8 Å². The fraction of sp³-hybridized carbons (Fsp3) is 0.824. The summed E-state index contributed by atoms with van der Waals surface area (Å²) in [5.74, 6) is -6.20. The van der Waals surface area contributed by atoms with Crippen molar-refractivity contribution in [2.75, 3.05) is 6.61 Å². The van der Waals surface area contributed by atoms with Gasteiger partial charge < -0.3 is 24.1 Å². The van der Waals surface area contributed by atoms with Crippen molar-refractivity contribution < 1.29 is 60.0 Å². The lowest BCUT2D eigenvalue weighted by molar-refractivity contribution is -0.381. The third-order valence-corrected chi connectivity index (χ3v) is 5.82. The van der Waals surface area contributed by atoms with E-state index < -0.39 is 60.9 Å². The highest BCUT2D eigenvalue weighted by Crippen LogP contribution is 2.49. The maximum Gasteiger partial charge on any atom is 0.437 e. The molecule has 2 heterocycles. The zero-order valence-corrected chi connectivity index (χ0v) is 15.3. The van der Waals surface area contributed by atoms with E-state index in [1.165, 1.54) is 0 Å². The second-order valence-corrected chi connectivity index (χ2v) is 7.86. The zero-order valence-electron chi connectivity index (χ0n) is 15.3. The lowest BCUT2D eigenvalue weighted by Gasteiger charge is -2.41. The van der Waals surface area contributed by atoms with Gasteiger partial charge in [-0.1, -0.05) is 0 Å². The summed E-state index contributed by atoms with van der Waals surface area (Å²) in [6.45, 7) is -1.32. The van der Waals surface area contributed by atoms with Crippen LogP contribution in [-0.2, 0) is 28.6 Å². The number of aliphatic carboxylic acids is 1. The highest BCUT2D eigenvalue weighted by molar-refractivity contribution is 5.75. The average molecular weight is 447 g/mol. The first-order chi connectivity index (χ1) is 13.7. The number of halogens is 6. The van der Waals surface area contributed by atoms with Gasteiger partial charge in [-0.05, 0) is 37.5 Å². The standard InChI is InChI=1S/C17H18F6O7/c18-16(19,20)15(5-11(24)25,17(21,22)23)30-12(26)6-28-13-8-1-7-2-9(4-8)29-14(27)10(13)3-7/h7-10,13H,1-6H2,(H,24,25)/p-1. The van der Waals surface area contributed by atoms with E-state index in [1.807, 2.05) is 0 Å². The molecule has 2 aliphatic heterocycles. The summed E-state index contributed by atoms with van der Waals surface area (Å²) in [5.41, 5.74) is -5.28. The fourth-order valence-corrected chi connectivity index (χ4v) is 4.64. The molecule has 13 heteroatoms. The molecule has 0 spiro atoms. The molecule has 4 bridgehead atoms.